The summed E-state index contributed by atoms with van der Waals surface area (Å²) in [5, 5.41) is 10.2. The molecule has 178 valence electrons. The first-order valence-corrected chi connectivity index (χ1v) is 12.1. The summed E-state index contributed by atoms with van der Waals surface area (Å²) in [6.07, 6.45) is 0.331. The predicted molar refractivity (Wildman–Crippen MR) is 129 cm³/mol. The van der Waals surface area contributed by atoms with E-state index in [4.69, 9.17) is 9.15 Å². The lowest BCUT2D eigenvalue weighted by Gasteiger charge is -2.49. The van der Waals surface area contributed by atoms with Gasteiger partial charge in [-0.2, -0.15) is 0 Å². The number of amides is 1. The number of hydrogen-bond donors (Lipinski definition) is 1. The van der Waals surface area contributed by atoms with Crippen molar-refractivity contribution in [2.24, 2.45) is 5.92 Å². The van der Waals surface area contributed by atoms with E-state index < -0.39 is 17.5 Å². The number of thioether (sulfide) groups is 1. The van der Waals surface area contributed by atoms with E-state index in [9.17, 15) is 24.3 Å². The minimum atomic E-state index is -1.21. The molecule has 0 saturated carbocycles. The highest BCUT2D eigenvalue weighted by Gasteiger charge is 2.53. The fourth-order valence-electron chi connectivity index (χ4n) is 4.37. The number of ether oxygens (including phenoxy) is 1. The first-order chi connectivity index (χ1) is 16.9. The third-order valence-electron chi connectivity index (χ3n) is 6.06. The summed E-state index contributed by atoms with van der Waals surface area (Å²) in [6, 6.07) is 17.3. The van der Waals surface area contributed by atoms with E-state index in [1.807, 2.05) is 30.3 Å². The number of fused-ring (bicyclic) bond motifs is 2. The molecule has 1 N–H and O–H groups in total. The molecular formula is C26H21NO7S. The zero-order chi connectivity index (χ0) is 24.5. The molecule has 1 saturated heterocycles. The van der Waals surface area contributed by atoms with E-state index in [-0.39, 0.29) is 42.2 Å². The third-order valence-corrected chi connectivity index (χ3v) is 7.46. The predicted octanol–water partition coefficient (Wildman–Crippen LogP) is 3.24. The van der Waals surface area contributed by atoms with Gasteiger partial charge in [0.1, 0.15) is 29.4 Å². The number of benzene rings is 2. The smallest absolute Gasteiger partial charge is 0.352 e. The highest BCUT2D eigenvalue weighted by atomic mass is 32.2. The van der Waals surface area contributed by atoms with Gasteiger partial charge in [0.05, 0.1) is 11.3 Å². The van der Waals surface area contributed by atoms with Gasteiger partial charge in [0, 0.05) is 41.7 Å². The molecule has 0 spiro atoms. The Balaban J connectivity index is 1.28. The lowest BCUT2D eigenvalue weighted by Crippen LogP contribution is -2.62. The Kier molecular flexibility index (Phi) is 6.17. The van der Waals surface area contributed by atoms with Crippen molar-refractivity contribution >= 4 is 40.4 Å². The molecule has 0 radical (unpaired) electrons. The summed E-state index contributed by atoms with van der Waals surface area (Å²) in [6.45, 7) is -0.0364. The van der Waals surface area contributed by atoms with Crippen LogP contribution in [-0.2, 0) is 20.8 Å². The minimum absolute atomic E-state index is 0.0364. The van der Waals surface area contributed by atoms with Crippen molar-refractivity contribution in [1.29, 1.82) is 0 Å². The van der Waals surface area contributed by atoms with Gasteiger partial charge in [0.25, 0.3) is 0 Å². The number of carbonyl (C=O) groups excluding carboxylic acids is 2. The summed E-state index contributed by atoms with van der Waals surface area (Å²) < 4.78 is 10.9. The van der Waals surface area contributed by atoms with Gasteiger partial charge in [-0.05, 0) is 23.8 Å². The maximum Gasteiger partial charge on any atom is 0.352 e. The molecule has 5 rings (SSSR count). The van der Waals surface area contributed by atoms with Gasteiger partial charge >= 0.3 is 11.6 Å². The van der Waals surface area contributed by atoms with Gasteiger partial charge in [0.2, 0.25) is 5.91 Å². The molecule has 0 bridgehead atoms. The van der Waals surface area contributed by atoms with E-state index in [1.54, 1.807) is 24.3 Å². The normalized spacial score (nSPS) is 19.3. The van der Waals surface area contributed by atoms with Crippen molar-refractivity contribution < 1.29 is 28.6 Å². The number of carboxylic acids is 1. The average Bonchev–Trinajstić information content (AvgIpc) is 2.85. The van der Waals surface area contributed by atoms with Crippen LogP contribution in [0.15, 0.2) is 81.1 Å². The standard InChI is InChI=1S/C26H21NO7S/c28-18(10-15-4-2-1-3-5-15)11-20-24(30)27-23(26(31)32)17(14-35-25(20)27)13-33-19-8-6-16-7-9-22(29)34-21(16)12-19/h1-9,12,20,25H,10-11,13-14H2,(H,31,32)/t20-,25-/m1/s1. The van der Waals surface area contributed by atoms with Crippen molar-refractivity contribution in [2.75, 3.05) is 12.4 Å². The Morgan fingerprint density at radius 2 is 1.86 bits per heavy atom. The molecule has 2 aliphatic rings. The minimum Gasteiger partial charge on any atom is -0.489 e. The van der Waals surface area contributed by atoms with Crippen molar-refractivity contribution in [3.05, 3.63) is 87.9 Å². The summed E-state index contributed by atoms with van der Waals surface area (Å²) in [7, 11) is 0. The Bertz CT molecular complexity index is 1410. The largest absolute Gasteiger partial charge is 0.489 e. The maximum atomic E-state index is 12.9. The number of hydrogen-bond acceptors (Lipinski definition) is 7. The van der Waals surface area contributed by atoms with Gasteiger partial charge in [-0.3, -0.25) is 14.5 Å². The van der Waals surface area contributed by atoms with Crippen molar-refractivity contribution in [3.63, 3.8) is 0 Å². The first kappa shape index (κ1) is 22.9. The van der Waals surface area contributed by atoms with Crippen molar-refractivity contribution in [1.82, 2.24) is 4.90 Å². The Morgan fingerprint density at radius 1 is 1.09 bits per heavy atom. The van der Waals surface area contributed by atoms with Crippen LogP contribution in [0.2, 0.25) is 0 Å². The molecule has 0 aliphatic carbocycles. The molecule has 1 aromatic heterocycles. The second kappa shape index (κ2) is 9.42. The van der Waals surface area contributed by atoms with Crippen LogP contribution >= 0.6 is 11.8 Å². The molecule has 3 aromatic rings. The molecule has 2 aliphatic heterocycles. The van der Waals surface area contributed by atoms with Crippen LogP contribution in [0.4, 0.5) is 0 Å². The number of carbonyl (C=O) groups is 3. The summed E-state index contributed by atoms with van der Waals surface area (Å²) in [5.41, 5.74) is 1.15. The molecule has 1 fully saturated rings. The van der Waals surface area contributed by atoms with E-state index in [0.29, 0.717) is 22.7 Å². The zero-order valence-electron chi connectivity index (χ0n) is 18.5. The molecule has 0 unspecified atom stereocenters. The molecule has 3 heterocycles. The highest BCUT2D eigenvalue weighted by Crippen LogP contribution is 2.45. The van der Waals surface area contributed by atoms with E-state index >= 15 is 0 Å². The van der Waals surface area contributed by atoms with E-state index in [0.717, 1.165) is 10.9 Å². The van der Waals surface area contributed by atoms with Gasteiger partial charge < -0.3 is 14.3 Å². The van der Waals surface area contributed by atoms with E-state index in [2.05, 4.69) is 0 Å². The Labute approximate surface area is 204 Å². The lowest BCUT2D eigenvalue weighted by molar-refractivity contribution is -0.154. The summed E-state index contributed by atoms with van der Waals surface area (Å²) in [4.78, 5) is 50.2. The number of Topliss-reactive ketones (excluding diaryl/α,β-unsaturated/α-hetero) is 1. The van der Waals surface area contributed by atoms with Crippen LogP contribution in [0.3, 0.4) is 0 Å². The van der Waals surface area contributed by atoms with Gasteiger partial charge in [-0.15, -0.1) is 11.8 Å². The number of β-lactam (4-membered cyclic amide) rings is 1. The monoisotopic (exact) mass is 491 g/mol. The van der Waals surface area contributed by atoms with Gasteiger partial charge in [0.15, 0.2) is 0 Å². The van der Waals surface area contributed by atoms with Crippen LogP contribution in [-0.4, -0.2) is 45.4 Å². The van der Waals surface area contributed by atoms with Crippen molar-refractivity contribution in [3.8, 4) is 5.75 Å². The fraction of sp³-hybridized carbons (Fsp3) is 0.231. The molecule has 35 heavy (non-hydrogen) atoms. The van der Waals surface area contributed by atoms with E-state index in [1.165, 1.54) is 22.7 Å². The number of carboxylic acid groups (broad SMARTS) is 1. The average molecular weight is 492 g/mol. The number of rotatable bonds is 8. The number of aliphatic carboxylic acids is 1. The Morgan fingerprint density at radius 3 is 2.63 bits per heavy atom. The second-order valence-corrected chi connectivity index (χ2v) is 9.53. The molecule has 1 amide bonds. The van der Waals surface area contributed by atoms with Crippen LogP contribution < -0.4 is 10.4 Å². The fourth-order valence-corrected chi connectivity index (χ4v) is 5.77. The Hall–Kier alpha value is -3.85. The highest BCUT2D eigenvalue weighted by molar-refractivity contribution is 8.00. The third kappa shape index (κ3) is 4.59. The lowest BCUT2D eigenvalue weighted by atomic mass is 9.89. The van der Waals surface area contributed by atoms with Crippen molar-refractivity contribution in [2.45, 2.75) is 18.2 Å². The number of nitrogens with zero attached hydrogens (tertiary/aromatic N) is 1. The first-order valence-electron chi connectivity index (χ1n) is 11.0. The molecule has 9 heteroatoms. The van der Waals surface area contributed by atoms with Crippen LogP contribution in [0.1, 0.15) is 12.0 Å². The molecule has 8 nitrogen and oxygen atoms in total. The summed E-state index contributed by atoms with van der Waals surface area (Å²) >= 11 is 1.43. The molecule has 2 atom stereocenters. The SMILES string of the molecule is O=C(Cc1ccccc1)C[C@@H]1C(=O)N2C(C(=O)O)=C(COc3ccc4ccc(=O)oc4c3)CS[C@H]12. The topological polar surface area (TPSA) is 114 Å². The van der Waals surface area contributed by atoms with Crippen LogP contribution in [0, 0.1) is 5.92 Å². The van der Waals surface area contributed by atoms with Crippen LogP contribution in [0.25, 0.3) is 11.0 Å². The summed E-state index contributed by atoms with van der Waals surface area (Å²) in [5.74, 6) is -1.37. The number of ketones is 1. The van der Waals surface area contributed by atoms with Crippen LogP contribution in [0.5, 0.6) is 5.75 Å². The maximum absolute atomic E-state index is 12.9. The zero-order valence-corrected chi connectivity index (χ0v) is 19.3. The second-order valence-electron chi connectivity index (χ2n) is 8.42. The molecule has 2 aromatic carbocycles. The van der Waals surface area contributed by atoms with Gasteiger partial charge in [-0.25, -0.2) is 9.59 Å². The quantitative estimate of drug-likeness (QED) is 0.377. The molecular weight excluding hydrogens is 470 g/mol. The van der Waals surface area contributed by atoms with Gasteiger partial charge in [-0.1, -0.05) is 30.3 Å².